The van der Waals surface area contributed by atoms with E-state index in [0.29, 0.717) is 18.5 Å². The Hall–Kier alpha value is -3.15. The minimum Gasteiger partial charge on any atom is -0.376 e. The van der Waals surface area contributed by atoms with E-state index < -0.39 is 0 Å². The van der Waals surface area contributed by atoms with E-state index in [-0.39, 0.29) is 18.4 Å². The van der Waals surface area contributed by atoms with Crippen molar-refractivity contribution in [3.05, 3.63) is 65.5 Å². The van der Waals surface area contributed by atoms with Crippen LogP contribution in [0.25, 0.3) is 11.1 Å². The number of aromatic nitrogens is 3. The second-order valence-electron chi connectivity index (χ2n) is 7.75. The zero-order valence-electron chi connectivity index (χ0n) is 17.7. The Kier molecular flexibility index (Phi) is 7.20. The van der Waals surface area contributed by atoms with Crippen molar-refractivity contribution in [2.75, 3.05) is 6.61 Å². The van der Waals surface area contributed by atoms with Gasteiger partial charge in [-0.1, -0.05) is 54.2 Å². The highest BCUT2D eigenvalue weighted by molar-refractivity contribution is 7.98. The van der Waals surface area contributed by atoms with Crippen LogP contribution in [-0.4, -0.2) is 33.4 Å². The molecular weight excluding hydrogens is 422 g/mol. The molecule has 0 bridgehead atoms. The molecule has 1 aliphatic rings. The van der Waals surface area contributed by atoms with Crippen molar-refractivity contribution in [3.63, 3.8) is 0 Å². The molecule has 8 heteroatoms. The van der Waals surface area contributed by atoms with Crippen molar-refractivity contribution < 1.29 is 9.53 Å². The van der Waals surface area contributed by atoms with Gasteiger partial charge in [-0.2, -0.15) is 5.26 Å². The molecule has 2 heterocycles. The summed E-state index contributed by atoms with van der Waals surface area (Å²) in [5, 5.41) is 18.8. The molecule has 0 spiro atoms. The lowest BCUT2D eigenvalue weighted by atomic mass is 10.00. The maximum atomic E-state index is 11.2. The number of aryl methyl sites for hydroxylation is 1. The Balaban J connectivity index is 1.46. The van der Waals surface area contributed by atoms with Gasteiger partial charge in [0, 0.05) is 25.2 Å². The summed E-state index contributed by atoms with van der Waals surface area (Å²) >= 11 is 1.61. The summed E-state index contributed by atoms with van der Waals surface area (Å²) in [4.78, 5) is 11.2. The number of carbonyl (C=O) groups excluding carboxylic acids is 1. The van der Waals surface area contributed by atoms with Crippen LogP contribution in [0.4, 0.5) is 0 Å². The Morgan fingerprint density at radius 1 is 1.22 bits per heavy atom. The lowest BCUT2D eigenvalue weighted by Gasteiger charge is -2.14. The van der Waals surface area contributed by atoms with Gasteiger partial charge in [-0.05, 0) is 35.6 Å². The van der Waals surface area contributed by atoms with Gasteiger partial charge in [0.2, 0.25) is 5.91 Å². The van der Waals surface area contributed by atoms with E-state index in [4.69, 9.17) is 10.5 Å². The second-order valence-corrected chi connectivity index (χ2v) is 8.70. The number of thioether (sulfide) groups is 1. The molecule has 0 aliphatic carbocycles. The standard InChI is InChI=1S/C24H25N5O2S/c25-14-19-4-1-2-6-21(19)18-9-7-17(8-10-18)16-32-24-28-27-23(12-11-22(26)30)29(24)15-20-5-3-13-31-20/h1-2,4,6-10,20H,3,5,11-13,15-16H2,(H2,26,30). The third-order valence-electron chi connectivity index (χ3n) is 5.48. The van der Waals surface area contributed by atoms with Crippen LogP contribution in [0.15, 0.2) is 53.7 Å². The Labute approximate surface area is 191 Å². The molecular formula is C24H25N5O2S. The van der Waals surface area contributed by atoms with E-state index in [1.807, 2.05) is 36.4 Å². The van der Waals surface area contributed by atoms with Crippen LogP contribution >= 0.6 is 11.8 Å². The molecule has 1 atom stereocenters. The number of amides is 1. The summed E-state index contributed by atoms with van der Waals surface area (Å²) in [5.74, 6) is 1.16. The molecule has 1 aliphatic heterocycles. The predicted octanol–water partition coefficient (Wildman–Crippen LogP) is 3.71. The highest BCUT2D eigenvalue weighted by Crippen LogP contribution is 2.27. The molecule has 1 aromatic heterocycles. The van der Waals surface area contributed by atoms with E-state index in [9.17, 15) is 10.1 Å². The topological polar surface area (TPSA) is 107 Å². The summed E-state index contributed by atoms with van der Waals surface area (Å²) < 4.78 is 7.87. The van der Waals surface area contributed by atoms with Gasteiger partial charge < -0.3 is 15.0 Å². The molecule has 1 unspecified atom stereocenters. The molecule has 2 aromatic carbocycles. The number of hydrogen-bond acceptors (Lipinski definition) is 6. The minimum atomic E-state index is -0.344. The van der Waals surface area contributed by atoms with Crippen LogP contribution < -0.4 is 5.73 Å². The monoisotopic (exact) mass is 447 g/mol. The Bertz CT molecular complexity index is 1110. The summed E-state index contributed by atoms with van der Waals surface area (Å²) in [6, 6.07) is 18.1. The smallest absolute Gasteiger partial charge is 0.217 e. The first-order valence-corrected chi connectivity index (χ1v) is 11.7. The van der Waals surface area contributed by atoms with Gasteiger partial charge in [0.25, 0.3) is 0 Å². The zero-order valence-corrected chi connectivity index (χ0v) is 18.6. The van der Waals surface area contributed by atoms with E-state index in [1.54, 1.807) is 11.8 Å². The number of hydrogen-bond donors (Lipinski definition) is 1. The first-order valence-electron chi connectivity index (χ1n) is 10.7. The first kappa shape index (κ1) is 22.1. The number of nitrogens with zero attached hydrogens (tertiary/aromatic N) is 4. The molecule has 3 aromatic rings. The van der Waals surface area contributed by atoms with Crippen molar-refractivity contribution in [1.29, 1.82) is 5.26 Å². The maximum absolute atomic E-state index is 11.2. The zero-order chi connectivity index (χ0) is 22.3. The molecule has 164 valence electrons. The van der Waals surface area contributed by atoms with Crippen LogP contribution in [0.2, 0.25) is 0 Å². The Morgan fingerprint density at radius 3 is 2.75 bits per heavy atom. The molecule has 1 fully saturated rings. The third kappa shape index (κ3) is 5.36. The fraction of sp³-hybridized carbons (Fsp3) is 0.333. The number of rotatable bonds is 9. The summed E-state index contributed by atoms with van der Waals surface area (Å²) in [6.07, 6.45) is 2.95. The third-order valence-corrected chi connectivity index (χ3v) is 6.52. The van der Waals surface area contributed by atoms with Gasteiger partial charge in [-0.3, -0.25) is 4.79 Å². The van der Waals surface area contributed by atoms with E-state index in [0.717, 1.165) is 52.9 Å². The number of carbonyl (C=O) groups is 1. The minimum absolute atomic E-state index is 0.150. The van der Waals surface area contributed by atoms with Gasteiger partial charge in [-0.15, -0.1) is 10.2 Å². The number of nitriles is 1. The van der Waals surface area contributed by atoms with Crippen molar-refractivity contribution in [3.8, 4) is 17.2 Å². The summed E-state index contributed by atoms with van der Waals surface area (Å²) in [5.41, 5.74) is 9.10. The lowest BCUT2D eigenvalue weighted by Crippen LogP contribution is -2.19. The fourth-order valence-electron chi connectivity index (χ4n) is 3.78. The van der Waals surface area contributed by atoms with Gasteiger partial charge >= 0.3 is 0 Å². The fourth-order valence-corrected chi connectivity index (χ4v) is 4.70. The largest absolute Gasteiger partial charge is 0.376 e. The van der Waals surface area contributed by atoms with Crippen LogP contribution in [0.5, 0.6) is 0 Å². The average Bonchev–Trinajstić information content (AvgIpc) is 3.47. The molecule has 1 saturated heterocycles. The van der Waals surface area contributed by atoms with E-state index in [1.165, 1.54) is 0 Å². The molecule has 7 nitrogen and oxygen atoms in total. The summed E-state index contributed by atoms with van der Waals surface area (Å²) in [6.45, 7) is 1.47. The van der Waals surface area contributed by atoms with Gasteiger partial charge in [-0.25, -0.2) is 0 Å². The van der Waals surface area contributed by atoms with E-state index in [2.05, 4.69) is 33.0 Å². The van der Waals surface area contributed by atoms with E-state index >= 15 is 0 Å². The van der Waals surface area contributed by atoms with Crippen molar-refractivity contribution in [2.24, 2.45) is 5.73 Å². The van der Waals surface area contributed by atoms with Gasteiger partial charge in [0.05, 0.1) is 24.3 Å². The summed E-state index contributed by atoms with van der Waals surface area (Å²) in [7, 11) is 0. The number of ether oxygens (including phenoxy) is 1. The number of primary amides is 1. The van der Waals surface area contributed by atoms with Crippen molar-refractivity contribution in [2.45, 2.75) is 49.2 Å². The average molecular weight is 448 g/mol. The van der Waals surface area contributed by atoms with Crippen molar-refractivity contribution in [1.82, 2.24) is 14.8 Å². The van der Waals surface area contributed by atoms with Crippen molar-refractivity contribution >= 4 is 17.7 Å². The molecule has 32 heavy (non-hydrogen) atoms. The van der Waals surface area contributed by atoms with Crippen LogP contribution in [0, 0.1) is 11.3 Å². The predicted molar refractivity (Wildman–Crippen MR) is 123 cm³/mol. The highest BCUT2D eigenvalue weighted by atomic mass is 32.2. The SMILES string of the molecule is N#Cc1ccccc1-c1ccc(CSc2nnc(CCC(N)=O)n2CC2CCCO2)cc1. The quantitative estimate of drug-likeness (QED) is 0.501. The highest BCUT2D eigenvalue weighted by Gasteiger charge is 2.21. The molecule has 0 saturated carbocycles. The normalized spacial score (nSPS) is 15.5. The lowest BCUT2D eigenvalue weighted by molar-refractivity contribution is -0.118. The molecule has 2 N–H and O–H groups in total. The van der Waals surface area contributed by atoms with Crippen LogP contribution in [0.3, 0.4) is 0 Å². The van der Waals surface area contributed by atoms with Gasteiger partial charge in [0.15, 0.2) is 5.16 Å². The molecule has 4 rings (SSSR count). The Morgan fingerprint density at radius 2 is 2.03 bits per heavy atom. The molecule has 1 amide bonds. The first-order chi connectivity index (χ1) is 15.6. The second kappa shape index (κ2) is 10.4. The van der Waals surface area contributed by atoms with Gasteiger partial charge in [0.1, 0.15) is 5.82 Å². The molecule has 0 radical (unpaired) electrons. The number of nitrogens with two attached hydrogens (primary N) is 1. The van der Waals surface area contributed by atoms with Crippen LogP contribution in [0.1, 0.15) is 36.2 Å². The maximum Gasteiger partial charge on any atom is 0.217 e. The number of benzene rings is 2. The van der Waals surface area contributed by atoms with Crippen LogP contribution in [-0.2, 0) is 28.2 Å².